The van der Waals surface area contributed by atoms with Crippen LogP contribution in [0.1, 0.15) is 11.5 Å². The third-order valence-corrected chi connectivity index (χ3v) is 4.29. The van der Waals surface area contributed by atoms with Crippen molar-refractivity contribution < 1.29 is 0 Å². The molecule has 2 heterocycles. The smallest absolute Gasteiger partial charge is 0.111 e. The Morgan fingerprint density at radius 3 is 2.81 bits per heavy atom. The molecule has 21 heavy (non-hydrogen) atoms. The number of fused-ring (bicyclic) bond motifs is 1. The summed E-state index contributed by atoms with van der Waals surface area (Å²) in [4.78, 5) is 9.12. The van der Waals surface area contributed by atoms with E-state index in [1.807, 2.05) is 18.3 Å². The Hall–Kier alpha value is -1.14. The first-order valence-corrected chi connectivity index (χ1v) is 8.50. The van der Waals surface area contributed by atoms with Crippen LogP contribution >= 0.6 is 34.2 Å². The van der Waals surface area contributed by atoms with Crippen molar-refractivity contribution in [1.82, 2.24) is 14.5 Å². The Morgan fingerprint density at radius 2 is 2.05 bits per heavy atom. The molecule has 0 radical (unpaired) electrons. The van der Waals surface area contributed by atoms with Crippen LogP contribution in [-0.4, -0.2) is 20.4 Å². The maximum Gasteiger partial charge on any atom is 0.111 e. The molecule has 0 bridgehead atoms. The fourth-order valence-electron chi connectivity index (χ4n) is 2.45. The monoisotopic (exact) mass is 411 g/mol. The number of hydrogen-bond donors (Lipinski definition) is 0. The van der Waals surface area contributed by atoms with E-state index in [0.29, 0.717) is 5.88 Å². The molecule has 0 saturated heterocycles. The van der Waals surface area contributed by atoms with Crippen LogP contribution in [0, 0.1) is 3.57 Å². The fraction of sp³-hybridized carbons (Fsp3) is 0.250. The molecule has 0 N–H and O–H groups in total. The highest BCUT2D eigenvalue weighted by molar-refractivity contribution is 14.1. The molecule has 0 saturated carbocycles. The van der Waals surface area contributed by atoms with Crippen LogP contribution in [0.25, 0.3) is 11.0 Å². The Balaban J connectivity index is 1.93. The SMILES string of the molecule is ClCCc1nc2cc(I)ccc2n1CCc1ccccn1. The van der Waals surface area contributed by atoms with E-state index >= 15 is 0 Å². The Labute approximate surface area is 142 Å². The van der Waals surface area contributed by atoms with Gasteiger partial charge in [0.1, 0.15) is 5.82 Å². The lowest BCUT2D eigenvalue weighted by Crippen LogP contribution is -2.07. The third-order valence-electron chi connectivity index (χ3n) is 3.43. The van der Waals surface area contributed by atoms with Gasteiger partial charge in [-0.05, 0) is 52.9 Å². The van der Waals surface area contributed by atoms with Crippen molar-refractivity contribution >= 4 is 45.2 Å². The highest BCUT2D eigenvalue weighted by Crippen LogP contribution is 2.20. The van der Waals surface area contributed by atoms with Crippen molar-refractivity contribution in [2.75, 3.05) is 5.88 Å². The van der Waals surface area contributed by atoms with Crippen molar-refractivity contribution in [3.8, 4) is 0 Å². The molecule has 3 aromatic rings. The third kappa shape index (κ3) is 3.37. The summed E-state index contributed by atoms with van der Waals surface area (Å²) in [5.74, 6) is 1.64. The van der Waals surface area contributed by atoms with Gasteiger partial charge in [-0.3, -0.25) is 4.98 Å². The first-order chi connectivity index (χ1) is 10.3. The van der Waals surface area contributed by atoms with Crippen molar-refractivity contribution in [3.63, 3.8) is 0 Å². The summed E-state index contributed by atoms with van der Waals surface area (Å²) < 4.78 is 3.47. The van der Waals surface area contributed by atoms with E-state index in [-0.39, 0.29) is 0 Å². The standard InChI is InChI=1S/C16H15ClIN3/c17-8-6-16-20-14-11-12(18)4-5-15(14)21(16)10-7-13-3-1-2-9-19-13/h1-5,9,11H,6-8,10H2. The summed E-state index contributed by atoms with van der Waals surface area (Å²) in [6, 6.07) is 12.4. The van der Waals surface area contributed by atoms with Crippen LogP contribution in [0.3, 0.4) is 0 Å². The predicted octanol–water partition coefficient (Wildman–Crippen LogP) is 4.06. The van der Waals surface area contributed by atoms with Crippen molar-refractivity contribution in [1.29, 1.82) is 0 Å². The quantitative estimate of drug-likeness (QED) is 0.468. The van der Waals surface area contributed by atoms with Gasteiger partial charge in [-0.2, -0.15) is 0 Å². The molecule has 108 valence electrons. The highest BCUT2D eigenvalue weighted by Gasteiger charge is 2.10. The normalized spacial score (nSPS) is 11.1. The summed E-state index contributed by atoms with van der Waals surface area (Å²) >= 11 is 8.23. The largest absolute Gasteiger partial charge is 0.328 e. The molecule has 0 aliphatic heterocycles. The Morgan fingerprint density at radius 1 is 1.14 bits per heavy atom. The molecule has 0 atom stereocenters. The number of alkyl halides is 1. The zero-order valence-corrected chi connectivity index (χ0v) is 14.4. The first-order valence-electron chi connectivity index (χ1n) is 6.88. The minimum Gasteiger partial charge on any atom is -0.328 e. The van der Waals surface area contributed by atoms with Crippen LogP contribution in [-0.2, 0) is 19.4 Å². The molecule has 2 aromatic heterocycles. The Bertz CT molecular complexity index is 740. The highest BCUT2D eigenvalue weighted by atomic mass is 127. The fourth-order valence-corrected chi connectivity index (χ4v) is 3.09. The number of imidazole rings is 1. The van der Waals surface area contributed by atoms with Gasteiger partial charge in [-0.25, -0.2) is 4.98 Å². The molecule has 0 fully saturated rings. The summed E-state index contributed by atoms with van der Waals surface area (Å²) in [5.41, 5.74) is 3.32. The van der Waals surface area contributed by atoms with E-state index in [1.165, 1.54) is 9.09 Å². The van der Waals surface area contributed by atoms with Gasteiger partial charge in [0.15, 0.2) is 0 Å². The predicted molar refractivity (Wildman–Crippen MR) is 94.8 cm³/mol. The molecular formula is C16H15ClIN3. The lowest BCUT2D eigenvalue weighted by molar-refractivity contribution is 0.666. The summed E-state index contributed by atoms with van der Waals surface area (Å²) in [6.07, 6.45) is 3.52. The molecule has 3 rings (SSSR count). The lowest BCUT2D eigenvalue weighted by Gasteiger charge is -2.08. The molecule has 1 aromatic carbocycles. The summed E-state index contributed by atoms with van der Waals surface area (Å²) in [5, 5.41) is 0. The van der Waals surface area contributed by atoms with Gasteiger partial charge in [-0.15, -0.1) is 11.6 Å². The van der Waals surface area contributed by atoms with Crippen molar-refractivity contribution in [3.05, 3.63) is 57.7 Å². The first kappa shape index (κ1) is 14.8. The van der Waals surface area contributed by atoms with Crippen LogP contribution in [0.15, 0.2) is 42.6 Å². The molecule has 0 spiro atoms. The maximum absolute atomic E-state index is 5.92. The van der Waals surface area contributed by atoms with Crippen LogP contribution in [0.2, 0.25) is 0 Å². The number of benzene rings is 1. The number of hydrogen-bond acceptors (Lipinski definition) is 2. The number of rotatable bonds is 5. The second kappa shape index (κ2) is 6.75. The number of nitrogens with zero attached hydrogens (tertiary/aromatic N) is 3. The molecule has 0 amide bonds. The van der Waals surface area contributed by atoms with Gasteiger partial charge < -0.3 is 4.57 Å². The van der Waals surface area contributed by atoms with Crippen LogP contribution in [0.4, 0.5) is 0 Å². The lowest BCUT2D eigenvalue weighted by atomic mass is 10.2. The maximum atomic E-state index is 5.92. The summed E-state index contributed by atoms with van der Waals surface area (Å²) in [6.45, 7) is 0.875. The van der Waals surface area contributed by atoms with E-state index in [9.17, 15) is 0 Å². The van der Waals surface area contributed by atoms with Gasteiger partial charge in [0.2, 0.25) is 0 Å². The zero-order chi connectivity index (χ0) is 14.7. The number of aromatic nitrogens is 3. The van der Waals surface area contributed by atoms with E-state index < -0.39 is 0 Å². The van der Waals surface area contributed by atoms with E-state index in [1.54, 1.807) is 0 Å². The minimum atomic E-state index is 0.587. The number of aryl methyl sites for hydroxylation is 3. The minimum absolute atomic E-state index is 0.587. The Kier molecular flexibility index (Phi) is 4.75. The van der Waals surface area contributed by atoms with E-state index in [4.69, 9.17) is 16.6 Å². The second-order valence-corrected chi connectivity index (χ2v) is 6.45. The van der Waals surface area contributed by atoms with Crippen LogP contribution in [0.5, 0.6) is 0 Å². The molecule has 0 aliphatic rings. The number of halogens is 2. The second-order valence-electron chi connectivity index (χ2n) is 4.82. The van der Waals surface area contributed by atoms with E-state index in [0.717, 1.165) is 36.4 Å². The topological polar surface area (TPSA) is 30.7 Å². The van der Waals surface area contributed by atoms with Crippen molar-refractivity contribution in [2.24, 2.45) is 0 Å². The number of pyridine rings is 1. The molecular weight excluding hydrogens is 397 g/mol. The van der Waals surface area contributed by atoms with Gasteiger partial charge in [0.25, 0.3) is 0 Å². The average molecular weight is 412 g/mol. The molecule has 0 aliphatic carbocycles. The van der Waals surface area contributed by atoms with Gasteiger partial charge in [0, 0.05) is 40.7 Å². The van der Waals surface area contributed by atoms with Crippen molar-refractivity contribution in [2.45, 2.75) is 19.4 Å². The summed E-state index contributed by atoms with van der Waals surface area (Å²) in [7, 11) is 0. The van der Waals surface area contributed by atoms with Gasteiger partial charge in [0.05, 0.1) is 11.0 Å². The van der Waals surface area contributed by atoms with Gasteiger partial charge in [-0.1, -0.05) is 6.07 Å². The molecule has 3 nitrogen and oxygen atoms in total. The molecule has 5 heteroatoms. The molecule has 0 unspecified atom stereocenters. The van der Waals surface area contributed by atoms with Crippen LogP contribution < -0.4 is 0 Å². The van der Waals surface area contributed by atoms with E-state index in [2.05, 4.69) is 56.4 Å². The zero-order valence-electron chi connectivity index (χ0n) is 11.5. The van der Waals surface area contributed by atoms with Gasteiger partial charge >= 0.3 is 0 Å². The average Bonchev–Trinajstić information content (AvgIpc) is 2.83.